The van der Waals surface area contributed by atoms with E-state index in [0.29, 0.717) is 12.0 Å². The van der Waals surface area contributed by atoms with Crippen molar-refractivity contribution in [2.75, 3.05) is 13.7 Å². The van der Waals surface area contributed by atoms with Crippen molar-refractivity contribution in [3.8, 4) is 0 Å². The van der Waals surface area contributed by atoms with Gasteiger partial charge in [-0.2, -0.15) is 0 Å². The average Bonchev–Trinajstić information content (AvgIpc) is 2.86. The van der Waals surface area contributed by atoms with Crippen LogP contribution < -0.4 is 5.32 Å². The molecule has 1 aromatic rings. The minimum Gasteiger partial charge on any atom is -0.375 e. The molecule has 0 aromatic carbocycles. The fourth-order valence-electron chi connectivity index (χ4n) is 3.55. The molecular formula is C14H23N3OS. The van der Waals surface area contributed by atoms with E-state index in [9.17, 15) is 0 Å². The van der Waals surface area contributed by atoms with Gasteiger partial charge in [0.25, 0.3) is 0 Å². The highest BCUT2D eigenvalue weighted by molar-refractivity contribution is 7.05. The molecule has 1 aromatic heterocycles. The lowest BCUT2D eigenvalue weighted by atomic mass is 9.70. The van der Waals surface area contributed by atoms with Gasteiger partial charge in [-0.3, -0.25) is 0 Å². The number of hydrogen-bond donors (Lipinski definition) is 1. The van der Waals surface area contributed by atoms with E-state index in [0.717, 1.165) is 19.4 Å². The highest BCUT2D eigenvalue weighted by Crippen LogP contribution is 2.47. The highest BCUT2D eigenvalue weighted by Gasteiger charge is 2.44. The van der Waals surface area contributed by atoms with E-state index in [1.54, 1.807) is 11.5 Å². The maximum Gasteiger partial charge on any atom is 0.0801 e. The summed E-state index contributed by atoms with van der Waals surface area (Å²) in [7, 11) is 2.06. The maximum absolute atomic E-state index is 6.04. The van der Waals surface area contributed by atoms with Crippen molar-refractivity contribution in [2.45, 2.75) is 57.1 Å². The lowest BCUT2D eigenvalue weighted by Crippen LogP contribution is -2.47. The molecule has 2 heterocycles. The Morgan fingerprint density at radius 3 is 3.00 bits per heavy atom. The fraction of sp³-hybridized carbons (Fsp3) is 0.857. The number of rotatable bonds is 4. The van der Waals surface area contributed by atoms with Gasteiger partial charge in [-0.1, -0.05) is 11.4 Å². The molecule has 1 saturated carbocycles. The van der Waals surface area contributed by atoms with Crippen LogP contribution in [-0.4, -0.2) is 28.8 Å². The van der Waals surface area contributed by atoms with Gasteiger partial charge < -0.3 is 10.1 Å². The number of nitrogens with zero attached hydrogens (tertiary/aromatic N) is 2. The highest BCUT2D eigenvalue weighted by atomic mass is 32.1. The van der Waals surface area contributed by atoms with Gasteiger partial charge in [-0.05, 0) is 63.0 Å². The summed E-state index contributed by atoms with van der Waals surface area (Å²) in [5.41, 5.74) is 1.38. The van der Waals surface area contributed by atoms with Crippen LogP contribution in [0.3, 0.4) is 0 Å². The Hall–Kier alpha value is -0.520. The van der Waals surface area contributed by atoms with Crippen molar-refractivity contribution in [1.82, 2.24) is 14.9 Å². The second kappa shape index (κ2) is 5.46. The first-order valence-electron chi connectivity index (χ1n) is 7.40. The molecule has 0 amide bonds. The van der Waals surface area contributed by atoms with Gasteiger partial charge in [-0.15, -0.1) is 5.10 Å². The number of aryl methyl sites for hydroxylation is 1. The molecule has 106 valence electrons. The van der Waals surface area contributed by atoms with Crippen molar-refractivity contribution < 1.29 is 4.74 Å². The Morgan fingerprint density at radius 1 is 1.53 bits per heavy atom. The number of nitrogens with one attached hydrogen (secondary N) is 1. The molecule has 1 aliphatic carbocycles. The predicted octanol–water partition coefficient (Wildman–Crippen LogP) is 2.71. The summed E-state index contributed by atoms with van der Waals surface area (Å²) in [6.45, 7) is 3.07. The van der Waals surface area contributed by atoms with E-state index in [4.69, 9.17) is 4.74 Å². The smallest absolute Gasteiger partial charge is 0.0801 e. The summed E-state index contributed by atoms with van der Waals surface area (Å²) in [5, 5.41) is 7.78. The summed E-state index contributed by atoms with van der Waals surface area (Å²) >= 11 is 1.56. The summed E-state index contributed by atoms with van der Waals surface area (Å²) < 4.78 is 10.2. The largest absolute Gasteiger partial charge is 0.375 e. The third-order valence-corrected chi connectivity index (χ3v) is 5.63. The predicted molar refractivity (Wildman–Crippen MR) is 76.3 cm³/mol. The van der Waals surface area contributed by atoms with E-state index in [2.05, 4.69) is 28.9 Å². The SMILES string of the molecule is CCc1nnsc1C(NC)C1CCOC2(CCC2)C1. The van der Waals surface area contributed by atoms with E-state index >= 15 is 0 Å². The van der Waals surface area contributed by atoms with Gasteiger partial charge in [0, 0.05) is 12.6 Å². The zero-order valence-electron chi connectivity index (χ0n) is 11.8. The Balaban J connectivity index is 1.78. The van der Waals surface area contributed by atoms with Crippen LogP contribution in [0.5, 0.6) is 0 Å². The van der Waals surface area contributed by atoms with Crippen LogP contribution in [0.25, 0.3) is 0 Å². The van der Waals surface area contributed by atoms with Gasteiger partial charge in [0.1, 0.15) is 0 Å². The number of hydrogen-bond acceptors (Lipinski definition) is 5. The zero-order chi connectivity index (χ0) is 13.3. The molecule has 4 nitrogen and oxygen atoms in total. The summed E-state index contributed by atoms with van der Waals surface area (Å²) in [6, 6.07) is 0.399. The third-order valence-electron chi connectivity index (χ3n) is 4.78. The maximum atomic E-state index is 6.04. The van der Waals surface area contributed by atoms with Crippen molar-refractivity contribution in [3.05, 3.63) is 10.6 Å². The molecule has 3 rings (SSSR count). The fourth-order valence-corrected chi connectivity index (χ4v) is 4.49. The topological polar surface area (TPSA) is 47.0 Å². The number of ether oxygens (including phenoxy) is 1. The van der Waals surface area contributed by atoms with Gasteiger partial charge in [0.2, 0.25) is 0 Å². The Labute approximate surface area is 119 Å². The molecule has 1 aliphatic heterocycles. The standard InChI is InChI=1S/C14H23N3OS/c1-3-11-13(19-17-16-11)12(15-2)10-5-8-18-14(9-10)6-4-7-14/h10,12,15H,3-9H2,1-2H3. The molecular weight excluding hydrogens is 258 g/mol. The first kappa shape index (κ1) is 13.5. The van der Waals surface area contributed by atoms with Crippen LogP contribution in [0.2, 0.25) is 0 Å². The molecule has 2 aliphatic rings. The monoisotopic (exact) mass is 281 g/mol. The molecule has 1 N–H and O–H groups in total. The van der Waals surface area contributed by atoms with E-state index in [1.807, 2.05) is 0 Å². The second-order valence-electron chi connectivity index (χ2n) is 5.84. The lowest BCUT2D eigenvalue weighted by Gasteiger charge is -2.48. The minimum atomic E-state index is 0.211. The van der Waals surface area contributed by atoms with Crippen molar-refractivity contribution in [1.29, 1.82) is 0 Å². The summed E-state index contributed by atoms with van der Waals surface area (Å²) in [5.74, 6) is 0.659. The quantitative estimate of drug-likeness (QED) is 0.922. The van der Waals surface area contributed by atoms with Crippen LogP contribution in [-0.2, 0) is 11.2 Å². The minimum absolute atomic E-state index is 0.211. The first-order valence-corrected chi connectivity index (χ1v) is 8.18. The molecule has 5 heteroatoms. The molecule has 2 unspecified atom stereocenters. The molecule has 2 fully saturated rings. The van der Waals surface area contributed by atoms with Crippen LogP contribution in [0.1, 0.15) is 55.6 Å². The molecule has 0 bridgehead atoms. The first-order chi connectivity index (χ1) is 9.28. The molecule has 19 heavy (non-hydrogen) atoms. The number of aromatic nitrogens is 2. The molecule has 1 spiro atoms. The van der Waals surface area contributed by atoms with Crippen molar-refractivity contribution in [2.24, 2.45) is 5.92 Å². The van der Waals surface area contributed by atoms with Gasteiger partial charge in [0.05, 0.1) is 16.2 Å². The van der Waals surface area contributed by atoms with Crippen LogP contribution in [0.4, 0.5) is 0 Å². The summed E-state index contributed by atoms with van der Waals surface area (Å²) in [4.78, 5) is 1.34. The van der Waals surface area contributed by atoms with Crippen molar-refractivity contribution in [3.63, 3.8) is 0 Å². The van der Waals surface area contributed by atoms with E-state index in [1.165, 1.54) is 36.3 Å². The van der Waals surface area contributed by atoms with Crippen LogP contribution in [0, 0.1) is 5.92 Å². The second-order valence-corrected chi connectivity index (χ2v) is 6.63. The van der Waals surface area contributed by atoms with Gasteiger partial charge in [0.15, 0.2) is 0 Å². The summed E-state index contributed by atoms with van der Waals surface area (Å²) in [6.07, 6.45) is 7.15. The molecule has 1 saturated heterocycles. The lowest BCUT2D eigenvalue weighted by molar-refractivity contribution is -0.147. The van der Waals surface area contributed by atoms with Crippen LogP contribution >= 0.6 is 11.5 Å². The molecule has 0 radical (unpaired) electrons. The molecule has 2 atom stereocenters. The van der Waals surface area contributed by atoms with Crippen molar-refractivity contribution >= 4 is 11.5 Å². The normalized spacial score (nSPS) is 27.2. The zero-order valence-corrected chi connectivity index (χ0v) is 12.6. The van der Waals surface area contributed by atoms with E-state index < -0.39 is 0 Å². The van der Waals surface area contributed by atoms with Gasteiger partial charge in [-0.25, -0.2) is 0 Å². The Kier molecular flexibility index (Phi) is 3.87. The third kappa shape index (κ3) is 2.43. The average molecular weight is 281 g/mol. The Morgan fingerprint density at radius 2 is 2.37 bits per heavy atom. The van der Waals surface area contributed by atoms with E-state index in [-0.39, 0.29) is 5.60 Å². The van der Waals surface area contributed by atoms with Gasteiger partial charge >= 0.3 is 0 Å². The van der Waals surface area contributed by atoms with Crippen LogP contribution in [0.15, 0.2) is 0 Å². The Bertz CT molecular complexity index is 430.